The van der Waals surface area contributed by atoms with E-state index >= 15 is 0 Å². The van der Waals surface area contributed by atoms with Gasteiger partial charge in [0, 0.05) is 12.0 Å². The second-order valence-corrected chi connectivity index (χ2v) is 6.66. The molecule has 0 bridgehead atoms. The first-order chi connectivity index (χ1) is 9.74. The molecule has 4 rings (SSSR count). The number of nitrogens with one attached hydrogen (secondary N) is 1. The number of halogens is 2. The van der Waals surface area contributed by atoms with Crippen molar-refractivity contribution in [3.05, 3.63) is 28.0 Å². The Hall–Kier alpha value is -0.770. The van der Waals surface area contributed by atoms with E-state index in [0.29, 0.717) is 22.0 Å². The predicted molar refractivity (Wildman–Crippen MR) is 82.9 cm³/mol. The van der Waals surface area contributed by atoms with Crippen LogP contribution in [0.5, 0.6) is 0 Å². The highest BCUT2D eigenvalue weighted by Crippen LogP contribution is 2.43. The predicted octanol–water partition coefficient (Wildman–Crippen LogP) is 4.15. The molecule has 0 radical (unpaired) electrons. The molecule has 20 heavy (non-hydrogen) atoms. The van der Waals surface area contributed by atoms with Crippen molar-refractivity contribution in [2.45, 2.75) is 37.6 Å². The lowest BCUT2D eigenvalue weighted by atomic mass is 10.1. The van der Waals surface area contributed by atoms with E-state index in [-0.39, 0.29) is 0 Å². The smallest absolute Gasteiger partial charge is 0.113 e. The van der Waals surface area contributed by atoms with E-state index in [4.69, 9.17) is 28.2 Å². The minimum atomic E-state index is 0.536. The summed E-state index contributed by atoms with van der Waals surface area (Å²) in [5.74, 6) is 1.88. The van der Waals surface area contributed by atoms with Gasteiger partial charge in [0.05, 0.1) is 21.1 Å². The molecule has 5 heteroatoms. The number of benzene rings is 1. The van der Waals surface area contributed by atoms with E-state index in [1.165, 1.54) is 18.7 Å². The molecule has 106 valence electrons. The second kappa shape index (κ2) is 4.90. The van der Waals surface area contributed by atoms with Gasteiger partial charge >= 0.3 is 0 Å². The zero-order chi connectivity index (χ0) is 13.7. The zero-order valence-electron chi connectivity index (χ0n) is 11.2. The fourth-order valence-corrected chi connectivity index (χ4v) is 3.50. The van der Waals surface area contributed by atoms with Crippen LogP contribution >= 0.6 is 23.2 Å². The molecule has 2 aromatic rings. The molecule has 0 spiro atoms. The molecule has 3 nitrogen and oxygen atoms in total. The van der Waals surface area contributed by atoms with Crippen LogP contribution in [0.1, 0.15) is 43.5 Å². The van der Waals surface area contributed by atoms with E-state index < -0.39 is 0 Å². The van der Waals surface area contributed by atoms with Crippen LogP contribution in [0, 0.1) is 0 Å². The van der Waals surface area contributed by atoms with Gasteiger partial charge < -0.3 is 9.88 Å². The van der Waals surface area contributed by atoms with Gasteiger partial charge in [-0.25, -0.2) is 4.98 Å². The number of hydrogen-bond donors (Lipinski definition) is 1. The molecule has 0 unspecified atom stereocenters. The lowest BCUT2D eigenvalue weighted by Crippen LogP contribution is -2.30. The van der Waals surface area contributed by atoms with Crippen LogP contribution in [-0.2, 0) is 0 Å². The quantitative estimate of drug-likeness (QED) is 0.903. The van der Waals surface area contributed by atoms with Crippen molar-refractivity contribution in [1.29, 1.82) is 0 Å². The van der Waals surface area contributed by atoms with E-state index in [1.54, 1.807) is 0 Å². The average Bonchev–Trinajstić information content (AvgIpc) is 3.24. The van der Waals surface area contributed by atoms with Crippen LogP contribution in [0.25, 0.3) is 11.0 Å². The van der Waals surface area contributed by atoms with Crippen molar-refractivity contribution in [2.75, 3.05) is 13.1 Å². The molecule has 0 amide bonds. The Balaban J connectivity index is 1.90. The summed E-state index contributed by atoms with van der Waals surface area (Å²) in [5, 5.41) is 4.64. The SMILES string of the molecule is Clc1cc2nc(C3CC3)n(C3CCNCC3)c2cc1Cl. The van der Waals surface area contributed by atoms with Crippen molar-refractivity contribution in [3.63, 3.8) is 0 Å². The second-order valence-electron chi connectivity index (χ2n) is 5.85. The van der Waals surface area contributed by atoms with E-state index in [9.17, 15) is 0 Å². The van der Waals surface area contributed by atoms with Crippen molar-refractivity contribution in [1.82, 2.24) is 14.9 Å². The topological polar surface area (TPSA) is 29.9 Å². The molecule has 1 aromatic carbocycles. The minimum absolute atomic E-state index is 0.536. The molecule has 2 fully saturated rings. The normalized spacial score (nSPS) is 20.7. The molecule has 1 saturated carbocycles. The van der Waals surface area contributed by atoms with Gasteiger partial charge in [0.25, 0.3) is 0 Å². The minimum Gasteiger partial charge on any atom is -0.324 e. The summed E-state index contributed by atoms with van der Waals surface area (Å²) in [5.41, 5.74) is 2.13. The Bertz CT molecular complexity index is 655. The molecule has 1 aromatic heterocycles. The summed E-state index contributed by atoms with van der Waals surface area (Å²) in [6.45, 7) is 2.16. The molecule has 0 atom stereocenters. The Kier molecular flexibility index (Phi) is 3.17. The largest absolute Gasteiger partial charge is 0.324 e. The summed E-state index contributed by atoms with van der Waals surface area (Å²) in [7, 11) is 0. The Morgan fingerprint density at radius 3 is 2.45 bits per heavy atom. The first-order valence-corrected chi connectivity index (χ1v) is 8.07. The van der Waals surface area contributed by atoms with Gasteiger partial charge in [-0.2, -0.15) is 0 Å². The third kappa shape index (κ3) is 2.12. The van der Waals surface area contributed by atoms with Crippen LogP contribution in [0.2, 0.25) is 10.0 Å². The van der Waals surface area contributed by atoms with Gasteiger partial charge in [-0.15, -0.1) is 0 Å². The van der Waals surface area contributed by atoms with Crippen molar-refractivity contribution < 1.29 is 0 Å². The summed E-state index contributed by atoms with van der Waals surface area (Å²) < 4.78 is 2.44. The Morgan fingerprint density at radius 2 is 1.75 bits per heavy atom. The lowest BCUT2D eigenvalue weighted by molar-refractivity contribution is 0.367. The number of nitrogens with zero attached hydrogens (tertiary/aromatic N) is 2. The molecular weight excluding hydrogens is 293 g/mol. The molecule has 1 aliphatic carbocycles. The number of rotatable bonds is 2. The third-order valence-electron chi connectivity index (χ3n) is 4.38. The van der Waals surface area contributed by atoms with Crippen molar-refractivity contribution in [3.8, 4) is 0 Å². The van der Waals surface area contributed by atoms with Gasteiger partial charge in [-0.05, 0) is 50.9 Å². The van der Waals surface area contributed by atoms with Crippen LogP contribution in [-0.4, -0.2) is 22.6 Å². The molecular formula is C15H17Cl2N3. The fourth-order valence-electron chi connectivity index (χ4n) is 3.19. The van der Waals surface area contributed by atoms with Gasteiger partial charge in [0.2, 0.25) is 0 Å². The molecule has 1 saturated heterocycles. The standard InChI is InChI=1S/C15H17Cl2N3/c16-11-7-13-14(8-12(11)17)20(10-3-5-18-6-4-10)15(19-13)9-1-2-9/h7-10,18H,1-6H2. The number of aromatic nitrogens is 2. The van der Waals surface area contributed by atoms with E-state index in [1.807, 2.05) is 12.1 Å². The van der Waals surface area contributed by atoms with Crippen molar-refractivity contribution in [2.24, 2.45) is 0 Å². The molecule has 1 aliphatic heterocycles. The highest BCUT2D eigenvalue weighted by molar-refractivity contribution is 6.42. The summed E-state index contributed by atoms with van der Waals surface area (Å²) >= 11 is 12.4. The monoisotopic (exact) mass is 309 g/mol. The lowest BCUT2D eigenvalue weighted by Gasteiger charge is -2.26. The highest BCUT2D eigenvalue weighted by atomic mass is 35.5. The first kappa shape index (κ1) is 12.9. The molecule has 2 heterocycles. The summed E-state index contributed by atoms with van der Waals surface area (Å²) in [6, 6.07) is 4.43. The number of imidazole rings is 1. The Labute approximate surface area is 128 Å². The number of hydrogen-bond acceptors (Lipinski definition) is 2. The van der Waals surface area contributed by atoms with Crippen LogP contribution in [0.15, 0.2) is 12.1 Å². The van der Waals surface area contributed by atoms with Gasteiger partial charge in [0.15, 0.2) is 0 Å². The van der Waals surface area contributed by atoms with E-state index in [2.05, 4.69) is 9.88 Å². The summed E-state index contributed by atoms with van der Waals surface area (Å²) in [4.78, 5) is 4.85. The van der Waals surface area contributed by atoms with Crippen molar-refractivity contribution >= 4 is 34.2 Å². The highest BCUT2D eigenvalue weighted by Gasteiger charge is 2.32. The first-order valence-electron chi connectivity index (χ1n) is 7.31. The molecule has 1 N–H and O–H groups in total. The Morgan fingerprint density at radius 1 is 1.05 bits per heavy atom. The van der Waals surface area contributed by atoms with Crippen LogP contribution in [0.4, 0.5) is 0 Å². The van der Waals surface area contributed by atoms with E-state index in [0.717, 1.165) is 37.0 Å². The van der Waals surface area contributed by atoms with Crippen LogP contribution < -0.4 is 5.32 Å². The van der Waals surface area contributed by atoms with Gasteiger partial charge in [0.1, 0.15) is 5.82 Å². The maximum Gasteiger partial charge on any atom is 0.113 e. The summed E-state index contributed by atoms with van der Waals surface area (Å²) in [6.07, 6.45) is 4.84. The molecule has 2 aliphatic rings. The van der Waals surface area contributed by atoms with Crippen LogP contribution in [0.3, 0.4) is 0 Å². The average molecular weight is 310 g/mol. The maximum atomic E-state index is 6.22. The third-order valence-corrected chi connectivity index (χ3v) is 5.10. The zero-order valence-corrected chi connectivity index (χ0v) is 12.7. The van der Waals surface area contributed by atoms with Gasteiger partial charge in [-0.1, -0.05) is 23.2 Å². The maximum absolute atomic E-state index is 6.22. The number of piperidine rings is 1. The fraction of sp³-hybridized carbons (Fsp3) is 0.533. The number of fused-ring (bicyclic) bond motifs is 1. The van der Waals surface area contributed by atoms with Gasteiger partial charge in [-0.3, -0.25) is 0 Å².